The van der Waals surface area contributed by atoms with Gasteiger partial charge in [0.2, 0.25) is 0 Å². The molecule has 1 amide bonds. The number of pyridine rings is 1. The Morgan fingerprint density at radius 3 is 2.89 bits per heavy atom. The van der Waals surface area contributed by atoms with E-state index in [4.69, 9.17) is 0 Å². The summed E-state index contributed by atoms with van der Waals surface area (Å²) in [6, 6.07) is 9.68. The van der Waals surface area contributed by atoms with Gasteiger partial charge < -0.3 is 4.90 Å². The van der Waals surface area contributed by atoms with Crippen molar-refractivity contribution in [1.29, 1.82) is 0 Å². The lowest BCUT2D eigenvalue weighted by Crippen LogP contribution is -2.31. The lowest BCUT2D eigenvalue weighted by atomic mass is 10.1. The van der Waals surface area contributed by atoms with Crippen LogP contribution >= 0.6 is 15.9 Å². The second-order valence-electron chi connectivity index (χ2n) is 4.38. The fourth-order valence-electron chi connectivity index (χ4n) is 1.87. The Balaban J connectivity index is 2.28. The molecule has 3 nitrogen and oxygen atoms in total. The van der Waals surface area contributed by atoms with Gasteiger partial charge in [-0.05, 0) is 12.1 Å². The van der Waals surface area contributed by atoms with Crippen LogP contribution in [0, 0.1) is 0 Å². The number of benzene rings is 1. The molecule has 1 atom stereocenters. The molecule has 0 bridgehead atoms. The summed E-state index contributed by atoms with van der Waals surface area (Å²) >= 11 is 3.45. The van der Waals surface area contributed by atoms with Crippen LogP contribution in [-0.2, 0) is 0 Å². The maximum atomic E-state index is 12.2. The molecule has 0 fully saturated rings. The summed E-state index contributed by atoms with van der Waals surface area (Å²) in [4.78, 5) is 18.5. The molecule has 0 aliphatic carbocycles. The van der Waals surface area contributed by atoms with Crippen LogP contribution in [0.15, 0.2) is 36.5 Å². The number of hydrogen-bond acceptors (Lipinski definition) is 2. The summed E-state index contributed by atoms with van der Waals surface area (Å²) in [5.74, 6) is -0.000414. The van der Waals surface area contributed by atoms with E-state index < -0.39 is 0 Å². The number of carbonyl (C=O) groups excluding carboxylic acids is 1. The molecule has 2 rings (SSSR count). The first kappa shape index (κ1) is 13.0. The minimum atomic E-state index is -0.000414. The van der Waals surface area contributed by atoms with E-state index in [1.807, 2.05) is 37.3 Å². The second-order valence-corrected chi connectivity index (χ2v) is 5.95. The van der Waals surface area contributed by atoms with Crippen LogP contribution in [0.1, 0.15) is 17.3 Å². The molecule has 1 aromatic carbocycles. The molecule has 0 saturated heterocycles. The third-order valence-corrected chi connectivity index (χ3v) is 3.00. The Kier molecular flexibility index (Phi) is 3.97. The number of alkyl halides is 1. The number of hydrogen-bond donors (Lipinski definition) is 0. The SMILES string of the molecule is CC(Br)CN(C)C(=O)c1cnc2ccccc2c1. The van der Waals surface area contributed by atoms with Crippen molar-refractivity contribution >= 4 is 32.7 Å². The van der Waals surface area contributed by atoms with Crippen molar-refractivity contribution in [3.8, 4) is 0 Å². The summed E-state index contributed by atoms with van der Waals surface area (Å²) < 4.78 is 0. The topological polar surface area (TPSA) is 33.2 Å². The summed E-state index contributed by atoms with van der Waals surface area (Å²) in [6.45, 7) is 2.69. The molecular weight excluding hydrogens is 292 g/mol. The van der Waals surface area contributed by atoms with Crippen LogP contribution in [0.3, 0.4) is 0 Å². The highest BCUT2D eigenvalue weighted by Gasteiger charge is 2.13. The molecule has 0 aliphatic rings. The predicted octanol–water partition coefficient (Wildman–Crippen LogP) is 3.09. The van der Waals surface area contributed by atoms with Crippen LogP contribution in [0.5, 0.6) is 0 Å². The normalized spacial score (nSPS) is 12.4. The van der Waals surface area contributed by atoms with Gasteiger partial charge in [-0.3, -0.25) is 9.78 Å². The molecule has 2 aromatic rings. The zero-order valence-corrected chi connectivity index (χ0v) is 12.0. The smallest absolute Gasteiger partial charge is 0.255 e. The van der Waals surface area contributed by atoms with E-state index in [2.05, 4.69) is 20.9 Å². The lowest BCUT2D eigenvalue weighted by molar-refractivity contribution is 0.0797. The second kappa shape index (κ2) is 5.48. The summed E-state index contributed by atoms with van der Waals surface area (Å²) in [5, 5.41) is 0.989. The third kappa shape index (κ3) is 2.88. The number of carbonyl (C=O) groups is 1. The molecular formula is C14H15BrN2O. The minimum absolute atomic E-state index is 0.000414. The Morgan fingerprint density at radius 1 is 1.44 bits per heavy atom. The first-order valence-corrected chi connectivity index (χ1v) is 6.74. The molecule has 0 N–H and O–H groups in total. The molecule has 1 aromatic heterocycles. The number of aromatic nitrogens is 1. The van der Waals surface area contributed by atoms with Crippen LogP contribution in [0.25, 0.3) is 10.9 Å². The van der Waals surface area contributed by atoms with Gasteiger partial charge in [0.05, 0.1) is 11.1 Å². The number of nitrogens with zero attached hydrogens (tertiary/aromatic N) is 2. The summed E-state index contributed by atoms with van der Waals surface area (Å²) in [6.07, 6.45) is 1.64. The van der Waals surface area contributed by atoms with Crippen LogP contribution < -0.4 is 0 Å². The fourth-order valence-corrected chi connectivity index (χ4v) is 2.30. The van der Waals surface area contributed by atoms with Crippen LogP contribution in [-0.4, -0.2) is 34.2 Å². The molecule has 0 saturated carbocycles. The van der Waals surface area contributed by atoms with Crippen molar-refractivity contribution in [3.63, 3.8) is 0 Å². The van der Waals surface area contributed by atoms with Gasteiger partial charge in [0.1, 0.15) is 0 Å². The molecule has 0 radical (unpaired) electrons. The van der Waals surface area contributed by atoms with E-state index in [9.17, 15) is 4.79 Å². The van der Waals surface area contributed by atoms with Gasteiger partial charge in [0.15, 0.2) is 0 Å². The number of rotatable bonds is 3. The molecule has 0 aliphatic heterocycles. The van der Waals surface area contributed by atoms with Crippen LogP contribution in [0.2, 0.25) is 0 Å². The highest BCUT2D eigenvalue weighted by Crippen LogP contribution is 2.14. The number of fused-ring (bicyclic) bond motifs is 1. The average molecular weight is 307 g/mol. The zero-order valence-electron chi connectivity index (χ0n) is 10.4. The van der Waals surface area contributed by atoms with E-state index in [0.717, 1.165) is 10.9 Å². The van der Waals surface area contributed by atoms with Crippen molar-refractivity contribution in [3.05, 3.63) is 42.1 Å². The van der Waals surface area contributed by atoms with Gasteiger partial charge in [0, 0.05) is 30.0 Å². The van der Waals surface area contributed by atoms with Crippen LogP contribution in [0.4, 0.5) is 0 Å². The molecule has 94 valence electrons. The van der Waals surface area contributed by atoms with E-state index in [1.54, 1.807) is 18.1 Å². The Labute approximate surface area is 115 Å². The summed E-state index contributed by atoms with van der Waals surface area (Å²) in [5.41, 5.74) is 1.54. The average Bonchev–Trinajstić information content (AvgIpc) is 2.36. The van der Waals surface area contributed by atoms with Crippen molar-refractivity contribution < 1.29 is 4.79 Å². The molecule has 18 heavy (non-hydrogen) atoms. The quantitative estimate of drug-likeness (QED) is 0.816. The van der Waals surface area contributed by atoms with Gasteiger partial charge in [-0.2, -0.15) is 0 Å². The maximum absolute atomic E-state index is 12.2. The number of para-hydroxylation sites is 1. The van der Waals surface area contributed by atoms with Gasteiger partial charge in [-0.1, -0.05) is 41.1 Å². The van der Waals surface area contributed by atoms with Crippen molar-refractivity contribution in [2.75, 3.05) is 13.6 Å². The Bertz CT molecular complexity index is 568. The predicted molar refractivity (Wildman–Crippen MR) is 77.1 cm³/mol. The highest BCUT2D eigenvalue weighted by molar-refractivity contribution is 9.09. The third-order valence-electron chi connectivity index (χ3n) is 2.71. The van der Waals surface area contributed by atoms with Crippen molar-refractivity contribution in [2.24, 2.45) is 0 Å². The number of halogens is 1. The monoisotopic (exact) mass is 306 g/mol. The van der Waals surface area contributed by atoms with Crippen molar-refractivity contribution in [1.82, 2.24) is 9.88 Å². The Morgan fingerprint density at radius 2 is 2.17 bits per heavy atom. The maximum Gasteiger partial charge on any atom is 0.255 e. The van der Waals surface area contributed by atoms with Gasteiger partial charge >= 0.3 is 0 Å². The Hall–Kier alpha value is -1.42. The standard InChI is InChI=1S/C14H15BrN2O/c1-10(15)9-17(2)14(18)12-7-11-5-3-4-6-13(11)16-8-12/h3-8,10H,9H2,1-2H3. The summed E-state index contributed by atoms with van der Waals surface area (Å²) in [7, 11) is 1.80. The fraction of sp³-hybridized carbons (Fsp3) is 0.286. The number of amides is 1. The molecule has 0 spiro atoms. The van der Waals surface area contributed by atoms with E-state index in [0.29, 0.717) is 12.1 Å². The molecule has 4 heteroatoms. The van der Waals surface area contributed by atoms with E-state index in [1.165, 1.54) is 0 Å². The zero-order chi connectivity index (χ0) is 13.1. The van der Waals surface area contributed by atoms with Gasteiger partial charge in [-0.25, -0.2) is 0 Å². The van der Waals surface area contributed by atoms with E-state index in [-0.39, 0.29) is 10.7 Å². The minimum Gasteiger partial charge on any atom is -0.341 e. The van der Waals surface area contributed by atoms with E-state index >= 15 is 0 Å². The first-order valence-electron chi connectivity index (χ1n) is 5.82. The first-order chi connectivity index (χ1) is 8.58. The largest absolute Gasteiger partial charge is 0.341 e. The van der Waals surface area contributed by atoms with Gasteiger partial charge in [-0.15, -0.1) is 0 Å². The highest BCUT2D eigenvalue weighted by atomic mass is 79.9. The van der Waals surface area contributed by atoms with Crippen molar-refractivity contribution in [2.45, 2.75) is 11.8 Å². The molecule has 1 heterocycles. The molecule has 1 unspecified atom stereocenters. The van der Waals surface area contributed by atoms with Gasteiger partial charge in [0.25, 0.3) is 5.91 Å². The lowest BCUT2D eigenvalue weighted by Gasteiger charge is -2.18.